The van der Waals surface area contributed by atoms with Crippen LogP contribution in [0.4, 0.5) is 0 Å². The number of fused-ring (bicyclic) bond motifs is 1. The number of halogens is 1. The first-order valence-corrected chi connectivity index (χ1v) is 4.78. The van der Waals surface area contributed by atoms with E-state index < -0.39 is 0 Å². The van der Waals surface area contributed by atoms with Gasteiger partial charge in [0.2, 0.25) is 5.88 Å². The minimum Gasteiger partial charge on any atom is -0.471 e. The van der Waals surface area contributed by atoms with E-state index in [4.69, 9.17) is 4.74 Å². The van der Waals surface area contributed by atoms with Gasteiger partial charge in [0.05, 0.1) is 10.7 Å². The third kappa shape index (κ3) is 1.24. The van der Waals surface area contributed by atoms with E-state index in [2.05, 4.69) is 34.9 Å². The predicted molar refractivity (Wildman–Crippen MR) is 49.3 cm³/mol. The largest absolute Gasteiger partial charge is 0.471 e. The minimum atomic E-state index is -0.0570. The van der Waals surface area contributed by atoms with Gasteiger partial charge in [-0.15, -0.1) is 0 Å². The second kappa shape index (κ2) is 2.49. The van der Waals surface area contributed by atoms with Crippen LogP contribution < -0.4 is 4.74 Å². The van der Waals surface area contributed by atoms with E-state index in [1.54, 1.807) is 6.20 Å². The lowest BCUT2D eigenvalue weighted by molar-refractivity contribution is 0.0526. The van der Waals surface area contributed by atoms with Gasteiger partial charge in [-0.3, -0.25) is 0 Å². The monoisotopic (exact) mass is 230 g/mol. The maximum absolute atomic E-state index is 5.74. The number of aryl methyl sites for hydroxylation is 1. The van der Waals surface area contributed by atoms with Gasteiger partial charge in [0.1, 0.15) is 5.60 Å². The van der Waals surface area contributed by atoms with E-state index in [0.29, 0.717) is 0 Å². The fourth-order valence-electron chi connectivity index (χ4n) is 1.30. The van der Waals surface area contributed by atoms with Gasteiger partial charge in [-0.2, -0.15) is 5.10 Å². The smallest absolute Gasteiger partial charge is 0.227 e. The van der Waals surface area contributed by atoms with E-state index in [1.807, 2.05) is 4.68 Å². The summed E-state index contributed by atoms with van der Waals surface area (Å²) in [6.07, 6.45) is 2.78. The van der Waals surface area contributed by atoms with Crippen LogP contribution in [-0.4, -0.2) is 15.4 Å². The summed E-state index contributed by atoms with van der Waals surface area (Å²) in [5.41, 5.74) is -0.0570. The van der Waals surface area contributed by atoms with Gasteiger partial charge < -0.3 is 4.74 Å². The van der Waals surface area contributed by atoms with E-state index >= 15 is 0 Å². The Kier molecular flexibility index (Phi) is 1.68. The Bertz CT molecular complexity index is 306. The van der Waals surface area contributed by atoms with Crippen molar-refractivity contribution in [3.63, 3.8) is 0 Å². The average Bonchev–Trinajstić information content (AvgIpc) is 2.31. The maximum atomic E-state index is 5.74. The lowest BCUT2D eigenvalue weighted by atomic mass is 10.0. The second-order valence-electron chi connectivity index (χ2n) is 3.63. The van der Waals surface area contributed by atoms with Gasteiger partial charge in [-0.1, -0.05) is 0 Å². The number of hydrogen-bond acceptors (Lipinski definition) is 2. The van der Waals surface area contributed by atoms with Gasteiger partial charge in [0.25, 0.3) is 0 Å². The van der Waals surface area contributed by atoms with Crippen LogP contribution in [0.15, 0.2) is 10.7 Å². The summed E-state index contributed by atoms with van der Waals surface area (Å²) in [5.74, 6) is 0.853. The summed E-state index contributed by atoms with van der Waals surface area (Å²) in [6.45, 7) is 5.12. The van der Waals surface area contributed by atoms with Crippen molar-refractivity contribution < 1.29 is 4.74 Å². The van der Waals surface area contributed by atoms with Crippen LogP contribution in [0.1, 0.15) is 20.3 Å². The van der Waals surface area contributed by atoms with Crippen LogP contribution in [0.2, 0.25) is 0 Å². The molecule has 66 valence electrons. The van der Waals surface area contributed by atoms with Crippen molar-refractivity contribution in [3.8, 4) is 5.88 Å². The van der Waals surface area contributed by atoms with Crippen LogP contribution >= 0.6 is 15.9 Å². The first-order chi connectivity index (χ1) is 5.58. The summed E-state index contributed by atoms with van der Waals surface area (Å²) < 4.78 is 8.57. The Morgan fingerprint density at radius 1 is 1.67 bits per heavy atom. The SMILES string of the molecule is CC1(C)CCn2ncc(Br)c2O1. The second-order valence-corrected chi connectivity index (χ2v) is 4.49. The molecule has 0 N–H and O–H groups in total. The normalized spacial score (nSPS) is 19.9. The van der Waals surface area contributed by atoms with Crippen LogP contribution in [-0.2, 0) is 6.54 Å². The van der Waals surface area contributed by atoms with Crippen LogP contribution in [0.3, 0.4) is 0 Å². The molecule has 0 bridgehead atoms. The molecule has 4 heteroatoms. The highest BCUT2D eigenvalue weighted by Gasteiger charge is 2.28. The van der Waals surface area contributed by atoms with Crippen molar-refractivity contribution in [2.75, 3.05) is 0 Å². The molecule has 3 nitrogen and oxygen atoms in total. The van der Waals surface area contributed by atoms with Gasteiger partial charge in [-0.25, -0.2) is 4.68 Å². The lowest BCUT2D eigenvalue weighted by Crippen LogP contribution is -2.35. The van der Waals surface area contributed by atoms with E-state index in [1.165, 1.54) is 0 Å². The molecule has 0 atom stereocenters. The molecule has 1 aliphatic rings. The average molecular weight is 231 g/mol. The topological polar surface area (TPSA) is 27.1 Å². The molecule has 0 amide bonds. The number of rotatable bonds is 0. The molecule has 1 aromatic rings. The number of hydrogen-bond donors (Lipinski definition) is 0. The lowest BCUT2D eigenvalue weighted by Gasteiger charge is -2.31. The maximum Gasteiger partial charge on any atom is 0.227 e. The fraction of sp³-hybridized carbons (Fsp3) is 0.625. The van der Waals surface area contributed by atoms with Gasteiger partial charge in [-0.05, 0) is 29.8 Å². The zero-order chi connectivity index (χ0) is 8.77. The van der Waals surface area contributed by atoms with Crippen LogP contribution in [0.5, 0.6) is 5.88 Å². The molecular weight excluding hydrogens is 220 g/mol. The predicted octanol–water partition coefficient (Wildman–Crippen LogP) is 2.21. The minimum absolute atomic E-state index is 0.0570. The zero-order valence-electron chi connectivity index (χ0n) is 7.17. The Balaban J connectivity index is 2.38. The molecule has 2 rings (SSSR count). The van der Waals surface area contributed by atoms with Crippen LogP contribution in [0, 0.1) is 0 Å². The first-order valence-electron chi connectivity index (χ1n) is 3.99. The number of ether oxygens (including phenoxy) is 1. The van der Waals surface area contributed by atoms with E-state index in [-0.39, 0.29) is 5.60 Å². The quantitative estimate of drug-likeness (QED) is 0.684. The molecule has 0 unspecified atom stereocenters. The molecule has 0 radical (unpaired) electrons. The van der Waals surface area contributed by atoms with Crippen molar-refractivity contribution in [2.24, 2.45) is 0 Å². The zero-order valence-corrected chi connectivity index (χ0v) is 8.76. The van der Waals surface area contributed by atoms with Crippen LogP contribution in [0.25, 0.3) is 0 Å². The van der Waals surface area contributed by atoms with Gasteiger partial charge in [0, 0.05) is 13.0 Å². The Morgan fingerprint density at radius 3 is 3.17 bits per heavy atom. The molecule has 0 aromatic carbocycles. The number of nitrogens with zero attached hydrogens (tertiary/aromatic N) is 2. The summed E-state index contributed by atoms with van der Waals surface area (Å²) in [4.78, 5) is 0. The molecule has 1 aliphatic heterocycles. The third-order valence-corrected chi connectivity index (χ3v) is 2.59. The van der Waals surface area contributed by atoms with Crippen molar-refractivity contribution in [3.05, 3.63) is 10.7 Å². The van der Waals surface area contributed by atoms with E-state index in [0.717, 1.165) is 23.3 Å². The molecule has 12 heavy (non-hydrogen) atoms. The number of aromatic nitrogens is 2. The van der Waals surface area contributed by atoms with Crippen molar-refractivity contribution in [2.45, 2.75) is 32.4 Å². The molecule has 0 saturated heterocycles. The molecule has 1 aromatic heterocycles. The van der Waals surface area contributed by atoms with Crippen molar-refractivity contribution >= 4 is 15.9 Å². The standard InChI is InChI=1S/C8H11BrN2O/c1-8(2)3-4-11-7(12-8)6(9)5-10-11/h5H,3-4H2,1-2H3. The molecule has 0 saturated carbocycles. The van der Waals surface area contributed by atoms with Crippen molar-refractivity contribution in [1.82, 2.24) is 9.78 Å². The summed E-state index contributed by atoms with van der Waals surface area (Å²) in [6, 6.07) is 0. The Labute approximate surface area is 79.8 Å². The highest BCUT2D eigenvalue weighted by atomic mass is 79.9. The molecule has 0 fully saturated rings. The first kappa shape index (κ1) is 8.10. The summed E-state index contributed by atoms with van der Waals surface area (Å²) in [7, 11) is 0. The summed E-state index contributed by atoms with van der Waals surface area (Å²) in [5, 5.41) is 4.17. The molecular formula is C8H11BrN2O. The third-order valence-electron chi connectivity index (χ3n) is 2.05. The summed E-state index contributed by atoms with van der Waals surface area (Å²) >= 11 is 3.40. The molecule has 0 aliphatic carbocycles. The highest BCUT2D eigenvalue weighted by molar-refractivity contribution is 9.10. The molecule has 0 spiro atoms. The van der Waals surface area contributed by atoms with Gasteiger partial charge >= 0.3 is 0 Å². The fourth-order valence-corrected chi connectivity index (χ4v) is 1.68. The van der Waals surface area contributed by atoms with Crippen molar-refractivity contribution in [1.29, 1.82) is 0 Å². The van der Waals surface area contributed by atoms with Gasteiger partial charge in [0.15, 0.2) is 0 Å². The van der Waals surface area contributed by atoms with E-state index in [9.17, 15) is 0 Å². The Morgan fingerprint density at radius 2 is 2.42 bits per heavy atom. The Hall–Kier alpha value is -0.510. The highest BCUT2D eigenvalue weighted by Crippen LogP contribution is 2.33. The molecule has 2 heterocycles.